The molecule has 0 heterocycles. The standard InChI is InChI=1S/C18H25BrClN/c1-13(2)21-12-16(15-6-4-3-5-7-15)10-14-8-9-18(20)17(19)11-14/h8-11,13,15,21H,3-7,12H2,1-2H3/b16-10-. The third-order valence-electron chi connectivity index (χ3n) is 4.14. The summed E-state index contributed by atoms with van der Waals surface area (Å²) in [5.41, 5.74) is 2.77. The Morgan fingerprint density at radius 3 is 2.67 bits per heavy atom. The minimum atomic E-state index is 0.522. The average Bonchev–Trinajstić information content (AvgIpc) is 2.48. The van der Waals surface area contributed by atoms with Crippen LogP contribution in [0.3, 0.4) is 0 Å². The highest BCUT2D eigenvalue weighted by Gasteiger charge is 2.18. The van der Waals surface area contributed by atoms with Crippen LogP contribution < -0.4 is 5.32 Å². The fourth-order valence-corrected chi connectivity index (χ4v) is 3.44. The summed E-state index contributed by atoms with van der Waals surface area (Å²) in [6.45, 7) is 5.40. The topological polar surface area (TPSA) is 12.0 Å². The summed E-state index contributed by atoms with van der Waals surface area (Å²) in [5.74, 6) is 0.736. The molecule has 0 bridgehead atoms. The van der Waals surface area contributed by atoms with Crippen LogP contribution in [0.4, 0.5) is 0 Å². The van der Waals surface area contributed by atoms with E-state index in [0.29, 0.717) is 6.04 Å². The molecule has 0 aromatic heterocycles. The van der Waals surface area contributed by atoms with Gasteiger partial charge in [0, 0.05) is 17.1 Å². The molecule has 1 aromatic rings. The Kier molecular flexibility index (Phi) is 6.78. The van der Waals surface area contributed by atoms with Crippen LogP contribution >= 0.6 is 27.5 Å². The zero-order chi connectivity index (χ0) is 15.2. The summed E-state index contributed by atoms with van der Waals surface area (Å²) < 4.78 is 0.970. The van der Waals surface area contributed by atoms with Gasteiger partial charge in [0.15, 0.2) is 0 Å². The van der Waals surface area contributed by atoms with Crippen molar-refractivity contribution in [3.63, 3.8) is 0 Å². The lowest BCUT2D eigenvalue weighted by Crippen LogP contribution is -2.27. The van der Waals surface area contributed by atoms with Gasteiger partial charge in [-0.3, -0.25) is 0 Å². The molecular formula is C18H25BrClN. The molecule has 0 spiro atoms. The summed E-state index contributed by atoms with van der Waals surface area (Å²) in [6.07, 6.45) is 9.16. The zero-order valence-corrected chi connectivity index (χ0v) is 15.3. The van der Waals surface area contributed by atoms with E-state index in [1.165, 1.54) is 43.2 Å². The maximum Gasteiger partial charge on any atom is 0.0548 e. The minimum Gasteiger partial charge on any atom is -0.311 e. The van der Waals surface area contributed by atoms with Crippen molar-refractivity contribution >= 4 is 33.6 Å². The Bertz CT molecular complexity index is 490. The minimum absolute atomic E-state index is 0.522. The van der Waals surface area contributed by atoms with Crippen molar-refractivity contribution in [2.24, 2.45) is 5.92 Å². The lowest BCUT2D eigenvalue weighted by molar-refractivity contribution is 0.394. The molecule has 1 nitrogen and oxygen atoms in total. The van der Waals surface area contributed by atoms with E-state index in [-0.39, 0.29) is 0 Å². The van der Waals surface area contributed by atoms with Gasteiger partial charge >= 0.3 is 0 Å². The van der Waals surface area contributed by atoms with E-state index in [1.54, 1.807) is 0 Å². The van der Waals surface area contributed by atoms with E-state index in [0.717, 1.165) is 22.0 Å². The molecule has 1 aliphatic rings. The van der Waals surface area contributed by atoms with Crippen molar-refractivity contribution in [3.8, 4) is 0 Å². The first-order valence-corrected chi connectivity index (χ1v) is 9.12. The Morgan fingerprint density at radius 1 is 1.33 bits per heavy atom. The Labute approximate surface area is 142 Å². The molecule has 3 heteroatoms. The van der Waals surface area contributed by atoms with E-state index in [9.17, 15) is 0 Å². The number of hydrogen-bond acceptors (Lipinski definition) is 1. The summed E-state index contributed by atoms with van der Waals surface area (Å²) in [6, 6.07) is 6.70. The molecule has 0 unspecified atom stereocenters. The van der Waals surface area contributed by atoms with Gasteiger partial charge in [0.1, 0.15) is 0 Å². The van der Waals surface area contributed by atoms with Gasteiger partial charge in [-0.2, -0.15) is 0 Å². The zero-order valence-electron chi connectivity index (χ0n) is 13.0. The van der Waals surface area contributed by atoms with Gasteiger partial charge < -0.3 is 5.32 Å². The van der Waals surface area contributed by atoms with Gasteiger partial charge in [0.05, 0.1) is 5.02 Å². The Hall–Kier alpha value is -0.310. The van der Waals surface area contributed by atoms with E-state index >= 15 is 0 Å². The monoisotopic (exact) mass is 369 g/mol. The first kappa shape index (κ1) is 17.1. The predicted octanol–water partition coefficient (Wildman–Crippen LogP) is 6.06. The normalized spacial score (nSPS) is 17.5. The SMILES string of the molecule is CC(C)NC/C(=C/c1ccc(Cl)c(Br)c1)C1CCCCC1. The molecule has 1 fully saturated rings. The van der Waals surface area contributed by atoms with Crippen LogP contribution in [0.2, 0.25) is 5.02 Å². The Balaban J connectivity index is 2.19. The highest BCUT2D eigenvalue weighted by Crippen LogP contribution is 2.31. The van der Waals surface area contributed by atoms with Crippen molar-refractivity contribution in [2.45, 2.75) is 52.0 Å². The lowest BCUT2D eigenvalue weighted by Gasteiger charge is -2.26. The van der Waals surface area contributed by atoms with Crippen LogP contribution in [0, 0.1) is 5.92 Å². The quantitative estimate of drug-likeness (QED) is 0.663. The summed E-state index contributed by atoms with van der Waals surface area (Å²) >= 11 is 9.61. The largest absolute Gasteiger partial charge is 0.311 e. The van der Waals surface area contributed by atoms with Gasteiger partial charge in [-0.1, -0.05) is 62.4 Å². The number of halogens is 2. The molecule has 116 valence electrons. The summed E-state index contributed by atoms with van der Waals surface area (Å²) in [5, 5.41) is 4.35. The second-order valence-electron chi connectivity index (χ2n) is 6.26. The number of nitrogens with one attached hydrogen (secondary N) is 1. The highest BCUT2D eigenvalue weighted by molar-refractivity contribution is 9.10. The van der Waals surface area contributed by atoms with Crippen LogP contribution in [-0.4, -0.2) is 12.6 Å². The number of benzene rings is 1. The Morgan fingerprint density at radius 2 is 2.05 bits per heavy atom. The molecule has 1 aliphatic carbocycles. The summed E-state index contributed by atoms with van der Waals surface area (Å²) in [7, 11) is 0. The second kappa shape index (κ2) is 8.36. The third-order valence-corrected chi connectivity index (χ3v) is 5.35. The third kappa shape index (κ3) is 5.43. The van der Waals surface area contributed by atoms with Crippen LogP contribution in [-0.2, 0) is 0 Å². The molecule has 0 atom stereocenters. The van der Waals surface area contributed by atoms with E-state index in [4.69, 9.17) is 11.6 Å². The van der Waals surface area contributed by atoms with Crippen LogP contribution in [0.25, 0.3) is 6.08 Å². The lowest BCUT2D eigenvalue weighted by atomic mass is 9.83. The first-order chi connectivity index (χ1) is 10.1. The van der Waals surface area contributed by atoms with Crippen molar-refractivity contribution < 1.29 is 0 Å². The predicted molar refractivity (Wildman–Crippen MR) is 96.8 cm³/mol. The average molecular weight is 371 g/mol. The smallest absolute Gasteiger partial charge is 0.0548 e. The van der Waals surface area contributed by atoms with Crippen molar-refractivity contribution in [2.75, 3.05) is 6.54 Å². The van der Waals surface area contributed by atoms with Gasteiger partial charge in [-0.15, -0.1) is 0 Å². The van der Waals surface area contributed by atoms with E-state index < -0.39 is 0 Å². The van der Waals surface area contributed by atoms with Crippen LogP contribution in [0.15, 0.2) is 28.2 Å². The molecule has 1 saturated carbocycles. The molecule has 2 rings (SSSR count). The van der Waals surface area contributed by atoms with Gasteiger partial charge in [-0.25, -0.2) is 0 Å². The molecule has 0 aliphatic heterocycles. The van der Waals surface area contributed by atoms with Crippen molar-refractivity contribution in [1.82, 2.24) is 5.32 Å². The fraction of sp³-hybridized carbons (Fsp3) is 0.556. The molecule has 0 saturated heterocycles. The molecule has 1 aromatic carbocycles. The molecule has 0 amide bonds. The second-order valence-corrected chi connectivity index (χ2v) is 7.52. The van der Waals surface area contributed by atoms with E-state index in [1.807, 2.05) is 6.07 Å². The number of rotatable bonds is 5. The van der Waals surface area contributed by atoms with E-state index in [2.05, 4.69) is 53.3 Å². The number of hydrogen-bond donors (Lipinski definition) is 1. The molecule has 1 N–H and O–H groups in total. The van der Waals surface area contributed by atoms with Crippen molar-refractivity contribution in [3.05, 3.63) is 38.8 Å². The fourth-order valence-electron chi connectivity index (χ4n) is 2.92. The maximum absolute atomic E-state index is 6.09. The van der Waals surface area contributed by atoms with Gasteiger partial charge in [0.25, 0.3) is 0 Å². The van der Waals surface area contributed by atoms with Gasteiger partial charge in [0.2, 0.25) is 0 Å². The maximum atomic E-state index is 6.09. The molecule has 0 radical (unpaired) electrons. The van der Waals surface area contributed by atoms with Crippen molar-refractivity contribution in [1.29, 1.82) is 0 Å². The molecular weight excluding hydrogens is 346 g/mol. The first-order valence-electron chi connectivity index (χ1n) is 7.95. The van der Waals surface area contributed by atoms with Crippen LogP contribution in [0.5, 0.6) is 0 Å². The summed E-state index contributed by atoms with van der Waals surface area (Å²) in [4.78, 5) is 0. The van der Waals surface area contributed by atoms with Gasteiger partial charge in [-0.05, 0) is 52.4 Å². The highest BCUT2D eigenvalue weighted by atomic mass is 79.9. The van der Waals surface area contributed by atoms with Crippen LogP contribution in [0.1, 0.15) is 51.5 Å². The molecule has 21 heavy (non-hydrogen) atoms.